The maximum absolute atomic E-state index is 12.6. The maximum atomic E-state index is 12.6. The van der Waals surface area contributed by atoms with Gasteiger partial charge in [-0.25, -0.2) is 4.79 Å². The van der Waals surface area contributed by atoms with Crippen LogP contribution in [0.2, 0.25) is 25.7 Å². The van der Waals surface area contributed by atoms with Gasteiger partial charge in [-0.3, -0.25) is 28.8 Å². The summed E-state index contributed by atoms with van der Waals surface area (Å²) < 4.78 is 6.87. The summed E-state index contributed by atoms with van der Waals surface area (Å²) in [5, 5.41) is 0. The Kier molecular flexibility index (Phi) is 5.48. The first-order valence-electron chi connectivity index (χ1n) is 9.03. The van der Waals surface area contributed by atoms with Crippen LogP contribution in [-0.4, -0.2) is 40.9 Å². The lowest BCUT2D eigenvalue weighted by Crippen LogP contribution is -2.37. The Labute approximate surface area is 162 Å². The Hall–Kier alpha value is -2.78. The zero-order valence-electron chi connectivity index (χ0n) is 16.2. The average Bonchev–Trinajstić information content (AvgIpc) is 2.85. The van der Waals surface area contributed by atoms with E-state index >= 15 is 0 Å². The number of amides is 2. The number of benzene rings is 1. The highest BCUT2D eigenvalue weighted by molar-refractivity contribution is 6.76. The first-order valence-corrected chi connectivity index (χ1v) is 12.7. The summed E-state index contributed by atoms with van der Waals surface area (Å²) in [5.41, 5.74) is -0.339. The van der Waals surface area contributed by atoms with Crippen LogP contribution in [0.5, 0.6) is 0 Å². The second kappa shape index (κ2) is 7.68. The molecule has 0 radical (unpaired) electrons. The highest BCUT2D eigenvalue weighted by atomic mass is 28.3. The first kappa shape index (κ1) is 20.0. The van der Waals surface area contributed by atoms with Crippen molar-refractivity contribution < 1.29 is 14.3 Å². The van der Waals surface area contributed by atoms with Gasteiger partial charge in [-0.1, -0.05) is 31.8 Å². The van der Waals surface area contributed by atoms with E-state index in [0.29, 0.717) is 17.7 Å². The third-order valence-corrected chi connectivity index (χ3v) is 6.24. The smallest absolute Gasteiger partial charge is 0.330 e. The van der Waals surface area contributed by atoms with Crippen molar-refractivity contribution in [3.05, 3.63) is 68.0 Å². The molecule has 8 nitrogen and oxygen atoms in total. The van der Waals surface area contributed by atoms with Crippen LogP contribution in [0.3, 0.4) is 0 Å². The summed E-state index contributed by atoms with van der Waals surface area (Å²) in [6, 6.07) is 8.68. The van der Waals surface area contributed by atoms with Gasteiger partial charge in [0.05, 0.1) is 23.4 Å². The predicted octanol–water partition coefficient (Wildman–Crippen LogP) is 1.65. The molecule has 0 saturated carbocycles. The standard InChI is InChI=1S/C19H23N3O5Si/c1-28(2,3)9-8-27-12-22-13(10-16(23)20-19(22)26)11-21-17(24)14-6-4-5-7-15(14)18(21)25/h4-7,10H,8-9,11-12H2,1-3H3,(H,20,23,26). The first-order chi connectivity index (χ1) is 13.2. The molecule has 1 aliphatic heterocycles. The number of carbonyl (C=O) groups is 2. The van der Waals surface area contributed by atoms with Gasteiger partial charge in [0.1, 0.15) is 6.73 Å². The molecule has 3 rings (SSSR count). The maximum Gasteiger partial charge on any atom is 0.330 e. The number of aromatic amines is 1. The minimum absolute atomic E-state index is 0.0569. The number of carbonyl (C=O) groups excluding carboxylic acids is 2. The Morgan fingerprint density at radius 2 is 1.61 bits per heavy atom. The van der Waals surface area contributed by atoms with E-state index in [9.17, 15) is 19.2 Å². The molecule has 9 heteroatoms. The summed E-state index contributed by atoms with van der Waals surface area (Å²) in [5.74, 6) is -0.890. The number of hydrogen-bond acceptors (Lipinski definition) is 5. The van der Waals surface area contributed by atoms with Crippen LogP contribution in [0, 0.1) is 0 Å². The highest BCUT2D eigenvalue weighted by Crippen LogP contribution is 2.23. The Morgan fingerprint density at radius 3 is 2.18 bits per heavy atom. The second-order valence-corrected chi connectivity index (χ2v) is 13.6. The van der Waals surface area contributed by atoms with Gasteiger partial charge in [-0.2, -0.15) is 0 Å². The van der Waals surface area contributed by atoms with E-state index in [1.54, 1.807) is 24.3 Å². The average molecular weight is 401 g/mol. The van der Waals surface area contributed by atoms with Gasteiger partial charge < -0.3 is 4.74 Å². The molecular weight excluding hydrogens is 378 g/mol. The minimum atomic E-state index is -1.28. The molecule has 2 heterocycles. The fourth-order valence-electron chi connectivity index (χ4n) is 2.92. The van der Waals surface area contributed by atoms with Crippen LogP contribution < -0.4 is 11.2 Å². The molecule has 1 N–H and O–H groups in total. The van der Waals surface area contributed by atoms with Crippen LogP contribution in [0.25, 0.3) is 0 Å². The fourth-order valence-corrected chi connectivity index (χ4v) is 3.68. The third-order valence-electron chi connectivity index (χ3n) is 4.53. The molecule has 0 fully saturated rings. The molecule has 0 saturated heterocycles. The Morgan fingerprint density at radius 1 is 1.00 bits per heavy atom. The van der Waals surface area contributed by atoms with Crippen molar-refractivity contribution in [1.29, 1.82) is 0 Å². The van der Waals surface area contributed by atoms with Crippen molar-refractivity contribution >= 4 is 19.9 Å². The van der Waals surface area contributed by atoms with E-state index in [-0.39, 0.29) is 19.0 Å². The predicted molar refractivity (Wildman–Crippen MR) is 106 cm³/mol. The minimum Gasteiger partial charge on any atom is -0.361 e. The number of imide groups is 1. The summed E-state index contributed by atoms with van der Waals surface area (Å²) >= 11 is 0. The van der Waals surface area contributed by atoms with Gasteiger partial charge in [-0.15, -0.1) is 0 Å². The summed E-state index contributed by atoms with van der Waals surface area (Å²) in [7, 11) is -1.28. The summed E-state index contributed by atoms with van der Waals surface area (Å²) in [6.07, 6.45) is 0. The van der Waals surface area contributed by atoms with Gasteiger partial charge in [0, 0.05) is 20.7 Å². The molecule has 28 heavy (non-hydrogen) atoms. The molecule has 2 amide bonds. The number of ether oxygens (including phenoxy) is 1. The van der Waals surface area contributed by atoms with Gasteiger partial charge in [0.15, 0.2) is 0 Å². The number of hydrogen-bond donors (Lipinski definition) is 1. The van der Waals surface area contributed by atoms with Crippen molar-refractivity contribution in [2.75, 3.05) is 6.61 Å². The third kappa shape index (κ3) is 4.20. The van der Waals surface area contributed by atoms with Crippen molar-refractivity contribution in [3.63, 3.8) is 0 Å². The van der Waals surface area contributed by atoms with Gasteiger partial charge in [0.25, 0.3) is 17.4 Å². The van der Waals surface area contributed by atoms with Gasteiger partial charge >= 0.3 is 5.69 Å². The summed E-state index contributed by atoms with van der Waals surface area (Å²) in [4.78, 5) is 52.4. The van der Waals surface area contributed by atoms with E-state index in [2.05, 4.69) is 24.6 Å². The quantitative estimate of drug-likeness (QED) is 0.432. The van der Waals surface area contributed by atoms with Crippen LogP contribution in [0.4, 0.5) is 0 Å². The lowest BCUT2D eigenvalue weighted by atomic mass is 10.1. The molecule has 0 spiro atoms. The molecular formula is C19H23N3O5Si. The van der Waals surface area contributed by atoms with E-state index in [1.165, 1.54) is 10.6 Å². The van der Waals surface area contributed by atoms with Crippen LogP contribution in [-0.2, 0) is 18.0 Å². The lowest BCUT2D eigenvalue weighted by Gasteiger charge is -2.19. The van der Waals surface area contributed by atoms with Gasteiger partial charge in [0.2, 0.25) is 0 Å². The van der Waals surface area contributed by atoms with Crippen molar-refractivity contribution in [2.24, 2.45) is 0 Å². The monoisotopic (exact) mass is 401 g/mol. The SMILES string of the molecule is C[Si](C)(C)CCOCn1c(CN2C(=O)c3ccccc3C2=O)cc(=O)[nH]c1=O. The largest absolute Gasteiger partial charge is 0.361 e. The molecule has 0 atom stereocenters. The number of aromatic nitrogens is 2. The van der Waals surface area contributed by atoms with Gasteiger partial charge in [-0.05, 0) is 18.2 Å². The number of nitrogens with one attached hydrogen (secondary N) is 1. The molecule has 1 aromatic carbocycles. The van der Waals surface area contributed by atoms with Crippen molar-refractivity contribution in [1.82, 2.24) is 14.5 Å². The zero-order chi connectivity index (χ0) is 20.5. The number of H-pyrrole nitrogens is 1. The molecule has 0 bridgehead atoms. The molecule has 1 aliphatic rings. The molecule has 2 aromatic rings. The highest BCUT2D eigenvalue weighted by Gasteiger charge is 2.35. The van der Waals surface area contributed by atoms with E-state index in [1.807, 2.05) is 0 Å². The Balaban J connectivity index is 1.82. The van der Waals surface area contributed by atoms with Crippen molar-refractivity contribution in [3.8, 4) is 0 Å². The molecule has 1 aromatic heterocycles. The normalized spacial score (nSPS) is 13.9. The lowest BCUT2D eigenvalue weighted by molar-refractivity contribution is 0.0610. The summed E-state index contributed by atoms with van der Waals surface area (Å²) in [6.45, 7) is 6.91. The number of rotatable bonds is 7. The van der Waals surface area contributed by atoms with Crippen LogP contribution >= 0.6 is 0 Å². The zero-order valence-corrected chi connectivity index (χ0v) is 17.2. The van der Waals surface area contributed by atoms with E-state index in [4.69, 9.17) is 4.74 Å². The second-order valence-electron chi connectivity index (χ2n) is 7.95. The fraction of sp³-hybridized carbons (Fsp3) is 0.368. The van der Waals surface area contributed by atoms with E-state index in [0.717, 1.165) is 10.9 Å². The number of fused-ring (bicyclic) bond motifs is 1. The molecule has 148 valence electrons. The topological polar surface area (TPSA) is 101 Å². The van der Waals surface area contributed by atoms with Crippen LogP contribution in [0.1, 0.15) is 26.4 Å². The van der Waals surface area contributed by atoms with E-state index < -0.39 is 31.1 Å². The van der Waals surface area contributed by atoms with Crippen molar-refractivity contribution in [2.45, 2.75) is 39.0 Å². The van der Waals surface area contributed by atoms with Crippen LogP contribution in [0.15, 0.2) is 39.9 Å². The number of nitrogens with zero attached hydrogens (tertiary/aromatic N) is 2. The molecule has 0 unspecified atom stereocenters. The molecule has 0 aliphatic carbocycles. The Bertz CT molecular complexity index is 1000.